The van der Waals surface area contributed by atoms with E-state index in [0.717, 1.165) is 67.4 Å². The number of aryl methyl sites for hydroxylation is 1. The fourth-order valence-corrected chi connectivity index (χ4v) is 5.41. The molecular weight excluding hydrogens is 332 g/mol. The summed E-state index contributed by atoms with van der Waals surface area (Å²) in [7, 11) is 0. The average molecular weight is 363 g/mol. The van der Waals surface area contributed by atoms with E-state index in [1.165, 1.54) is 16.0 Å². The van der Waals surface area contributed by atoms with E-state index in [1.807, 2.05) is 0 Å². The van der Waals surface area contributed by atoms with Crippen molar-refractivity contribution in [2.75, 3.05) is 13.2 Å². The summed E-state index contributed by atoms with van der Waals surface area (Å²) in [6.07, 6.45) is 8.07. The Morgan fingerprint density at radius 3 is 2.80 bits per heavy atom. The smallest absolute Gasteiger partial charge is 0.339 e. The van der Waals surface area contributed by atoms with Gasteiger partial charge in [0, 0.05) is 9.75 Å². The predicted molar refractivity (Wildman–Crippen MR) is 103 cm³/mol. The van der Waals surface area contributed by atoms with E-state index in [4.69, 9.17) is 4.74 Å². The number of rotatable bonds is 6. The molecule has 0 radical (unpaired) electrons. The van der Waals surface area contributed by atoms with E-state index in [2.05, 4.69) is 20.8 Å². The predicted octanol–water partition coefficient (Wildman–Crippen LogP) is 5.15. The molecule has 0 saturated heterocycles. The topological polar surface area (TPSA) is 46.5 Å². The van der Waals surface area contributed by atoms with Crippen LogP contribution in [-0.2, 0) is 17.6 Å². The second-order valence-electron chi connectivity index (χ2n) is 8.13. The van der Waals surface area contributed by atoms with Crippen molar-refractivity contribution < 1.29 is 14.6 Å². The molecule has 0 spiro atoms. The Morgan fingerprint density at radius 1 is 1.28 bits per heavy atom. The van der Waals surface area contributed by atoms with Crippen molar-refractivity contribution in [2.45, 2.75) is 72.1 Å². The number of unbranched alkanes of at least 4 members (excludes halogenated alkanes) is 1. The molecule has 25 heavy (non-hydrogen) atoms. The Kier molecular flexibility index (Phi) is 5.69. The molecule has 0 saturated carbocycles. The number of aliphatic hydroxyl groups excluding tert-OH is 1. The first-order chi connectivity index (χ1) is 12.0. The summed E-state index contributed by atoms with van der Waals surface area (Å²) in [6, 6.07) is 0. The molecule has 4 heteroatoms. The zero-order valence-corrected chi connectivity index (χ0v) is 16.6. The van der Waals surface area contributed by atoms with E-state index in [1.54, 1.807) is 11.3 Å². The van der Waals surface area contributed by atoms with Crippen LogP contribution in [0, 0.1) is 5.41 Å². The molecule has 1 aromatic heterocycles. The third-order valence-electron chi connectivity index (χ3n) is 5.51. The second-order valence-corrected chi connectivity index (χ2v) is 9.24. The minimum Gasteiger partial charge on any atom is -0.462 e. The quantitative estimate of drug-likeness (QED) is 0.562. The van der Waals surface area contributed by atoms with Gasteiger partial charge in [0.15, 0.2) is 0 Å². The van der Waals surface area contributed by atoms with Gasteiger partial charge in [0.05, 0.1) is 18.8 Å². The normalized spacial score (nSPS) is 19.2. The first kappa shape index (κ1) is 18.7. The molecule has 0 aromatic carbocycles. The first-order valence-electron chi connectivity index (χ1n) is 9.60. The maximum absolute atomic E-state index is 12.9. The van der Waals surface area contributed by atoms with Crippen LogP contribution in [0.15, 0.2) is 5.57 Å². The van der Waals surface area contributed by atoms with E-state index >= 15 is 0 Å². The van der Waals surface area contributed by atoms with Crippen LogP contribution >= 0.6 is 11.3 Å². The SMILES string of the molecule is CCCCOC(=O)c1c(C2=C(CO)CCC2)sc2c1CC(C)(C)CC2. The van der Waals surface area contributed by atoms with Gasteiger partial charge in [-0.3, -0.25) is 0 Å². The maximum Gasteiger partial charge on any atom is 0.339 e. The summed E-state index contributed by atoms with van der Waals surface area (Å²) in [4.78, 5) is 15.4. The van der Waals surface area contributed by atoms with Gasteiger partial charge in [-0.05, 0) is 67.1 Å². The van der Waals surface area contributed by atoms with E-state index < -0.39 is 0 Å². The molecule has 0 bridgehead atoms. The fourth-order valence-electron chi connectivity index (χ4n) is 3.98. The summed E-state index contributed by atoms with van der Waals surface area (Å²) >= 11 is 1.78. The molecule has 2 aliphatic carbocycles. The van der Waals surface area contributed by atoms with E-state index in [0.29, 0.717) is 6.61 Å². The number of fused-ring (bicyclic) bond motifs is 1. The maximum atomic E-state index is 12.9. The number of allylic oxidation sites excluding steroid dienone is 1. The molecule has 1 N–H and O–H groups in total. The molecule has 2 aliphatic rings. The van der Waals surface area contributed by atoms with Crippen molar-refractivity contribution in [1.29, 1.82) is 0 Å². The highest BCUT2D eigenvalue weighted by Gasteiger charge is 2.35. The number of thiophene rings is 1. The molecule has 3 nitrogen and oxygen atoms in total. The summed E-state index contributed by atoms with van der Waals surface area (Å²) in [6.45, 7) is 7.27. The van der Waals surface area contributed by atoms with Crippen molar-refractivity contribution in [1.82, 2.24) is 0 Å². The van der Waals surface area contributed by atoms with Crippen LogP contribution in [0.25, 0.3) is 5.57 Å². The van der Waals surface area contributed by atoms with Gasteiger partial charge in [0.25, 0.3) is 0 Å². The molecule has 0 amide bonds. The lowest BCUT2D eigenvalue weighted by atomic mass is 9.76. The Labute approximate surface area is 155 Å². The molecule has 0 aliphatic heterocycles. The molecule has 1 heterocycles. The minimum atomic E-state index is -0.157. The number of aliphatic hydroxyl groups is 1. The summed E-state index contributed by atoms with van der Waals surface area (Å²) in [5.41, 5.74) is 4.58. The Morgan fingerprint density at radius 2 is 2.08 bits per heavy atom. The zero-order chi connectivity index (χ0) is 18.0. The van der Waals surface area contributed by atoms with Crippen molar-refractivity contribution in [2.24, 2.45) is 5.41 Å². The van der Waals surface area contributed by atoms with Crippen LogP contribution in [0.5, 0.6) is 0 Å². The first-order valence-corrected chi connectivity index (χ1v) is 10.4. The molecule has 0 fully saturated rings. The van der Waals surface area contributed by atoms with Gasteiger partial charge >= 0.3 is 5.97 Å². The number of carbonyl (C=O) groups is 1. The lowest BCUT2D eigenvalue weighted by Gasteiger charge is -2.29. The lowest BCUT2D eigenvalue weighted by molar-refractivity contribution is 0.0498. The number of hydrogen-bond donors (Lipinski definition) is 1. The van der Waals surface area contributed by atoms with Crippen molar-refractivity contribution in [3.8, 4) is 0 Å². The van der Waals surface area contributed by atoms with Gasteiger partial charge in [0.1, 0.15) is 0 Å². The Hall–Kier alpha value is -1.13. The molecule has 1 aromatic rings. The molecule has 138 valence electrons. The van der Waals surface area contributed by atoms with Gasteiger partial charge in [-0.1, -0.05) is 27.2 Å². The molecule has 0 unspecified atom stereocenters. The molecule has 0 atom stereocenters. The highest BCUT2D eigenvalue weighted by Crippen LogP contribution is 2.46. The highest BCUT2D eigenvalue weighted by molar-refractivity contribution is 7.13. The Bertz CT molecular complexity index is 682. The largest absolute Gasteiger partial charge is 0.462 e. The van der Waals surface area contributed by atoms with E-state index in [-0.39, 0.29) is 18.0 Å². The Balaban J connectivity index is 2.03. The van der Waals surface area contributed by atoms with E-state index in [9.17, 15) is 9.90 Å². The van der Waals surface area contributed by atoms with Crippen LogP contribution < -0.4 is 0 Å². The van der Waals surface area contributed by atoms with Crippen LogP contribution in [0.4, 0.5) is 0 Å². The van der Waals surface area contributed by atoms with Gasteiger partial charge in [-0.25, -0.2) is 4.79 Å². The van der Waals surface area contributed by atoms with Crippen LogP contribution in [0.2, 0.25) is 0 Å². The number of esters is 1. The number of carbonyl (C=O) groups excluding carboxylic acids is 1. The van der Waals surface area contributed by atoms with Gasteiger partial charge in [-0.15, -0.1) is 11.3 Å². The average Bonchev–Trinajstić information content (AvgIpc) is 3.17. The highest BCUT2D eigenvalue weighted by atomic mass is 32.1. The lowest BCUT2D eigenvalue weighted by Crippen LogP contribution is -2.23. The van der Waals surface area contributed by atoms with Crippen molar-refractivity contribution in [3.63, 3.8) is 0 Å². The van der Waals surface area contributed by atoms with Gasteiger partial charge in [-0.2, -0.15) is 0 Å². The summed E-state index contributed by atoms with van der Waals surface area (Å²) in [5.74, 6) is -0.157. The molecule has 3 rings (SSSR count). The number of hydrogen-bond acceptors (Lipinski definition) is 4. The fraction of sp³-hybridized carbons (Fsp3) is 0.667. The minimum absolute atomic E-state index is 0.105. The number of ether oxygens (including phenoxy) is 1. The van der Waals surface area contributed by atoms with Crippen LogP contribution in [0.1, 0.15) is 85.0 Å². The van der Waals surface area contributed by atoms with Gasteiger partial charge in [0.2, 0.25) is 0 Å². The summed E-state index contributed by atoms with van der Waals surface area (Å²) < 4.78 is 5.61. The van der Waals surface area contributed by atoms with Crippen molar-refractivity contribution in [3.05, 3.63) is 26.5 Å². The third-order valence-corrected chi connectivity index (χ3v) is 6.86. The monoisotopic (exact) mass is 362 g/mol. The molecular formula is C21H30O3S. The standard InChI is InChI=1S/C21H30O3S/c1-4-5-11-24-20(23)18-16-12-21(2,3)10-9-17(16)25-19(18)15-8-6-7-14(15)13-22/h22H,4-13H2,1-3H3. The zero-order valence-electron chi connectivity index (χ0n) is 15.7. The van der Waals surface area contributed by atoms with Crippen molar-refractivity contribution >= 4 is 22.9 Å². The summed E-state index contributed by atoms with van der Waals surface area (Å²) in [5, 5.41) is 9.72. The third kappa shape index (κ3) is 3.85. The van der Waals surface area contributed by atoms with Gasteiger partial charge < -0.3 is 9.84 Å². The van der Waals surface area contributed by atoms with Crippen LogP contribution in [-0.4, -0.2) is 24.3 Å². The second kappa shape index (κ2) is 7.63. The van der Waals surface area contributed by atoms with Crippen LogP contribution in [0.3, 0.4) is 0 Å².